The first kappa shape index (κ1) is 15.3. The van der Waals surface area contributed by atoms with Crippen molar-refractivity contribution >= 4 is 21.7 Å². The van der Waals surface area contributed by atoms with Crippen LogP contribution in [-0.4, -0.2) is 44.3 Å². The summed E-state index contributed by atoms with van der Waals surface area (Å²) in [5.74, 6) is -0.833. The Hall–Kier alpha value is -1.77. The number of nitrogens with zero attached hydrogens (tertiary/aromatic N) is 1. The van der Waals surface area contributed by atoms with E-state index in [1.807, 2.05) is 0 Å². The van der Waals surface area contributed by atoms with Gasteiger partial charge in [0.15, 0.2) is 5.78 Å². The molecule has 0 spiro atoms. The number of nitrogens with one attached hydrogen (secondary N) is 1. The number of sulfonamides is 1. The van der Waals surface area contributed by atoms with Gasteiger partial charge in [0.05, 0.1) is 4.90 Å². The number of benzene rings is 1. The second-order valence-corrected chi connectivity index (χ2v) is 5.76. The average Bonchev–Trinajstić information content (AvgIpc) is 2.36. The highest BCUT2D eigenvalue weighted by Gasteiger charge is 2.19. The summed E-state index contributed by atoms with van der Waals surface area (Å²) in [6.07, 6.45) is 0. The van der Waals surface area contributed by atoms with E-state index in [1.165, 1.54) is 32.0 Å². The zero-order valence-corrected chi connectivity index (χ0v) is 11.5. The monoisotopic (exact) mass is 286 g/mol. The quantitative estimate of drug-likeness (QED) is 0.610. The maximum absolute atomic E-state index is 11.8. The van der Waals surface area contributed by atoms with E-state index < -0.39 is 15.9 Å². The van der Waals surface area contributed by atoms with E-state index in [4.69, 9.17) is 5.21 Å². The number of hydrogen-bond donors (Lipinski definition) is 2. The van der Waals surface area contributed by atoms with E-state index in [-0.39, 0.29) is 21.8 Å². The zero-order valence-electron chi connectivity index (χ0n) is 10.7. The molecule has 0 unspecified atom stereocenters. The summed E-state index contributed by atoms with van der Waals surface area (Å²) >= 11 is 0. The number of rotatable bonds is 4. The van der Waals surface area contributed by atoms with Gasteiger partial charge in [-0.1, -0.05) is 4.89 Å². The third kappa shape index (κ3) is 3.37. The summed E-state index contributed by atoms with van der Waals surface area (Å²) in [4.78, 5) is 25.2. The Bertz CT molecular complexity index is 622. The molecular formula is C11H14N2O5S. The maximum atomic E-state index is 11.8. The summed E-state index contributed by atoms with van der Waals surface area (Å²) in [5.41, 5.74) is 0.119. The first-order valence-corrected chi connectivity index (χ1v) is 6.71. The fourth-order valence-corrected chi connectivity index (χ4v) is 2.06. The first-order chi connectivity index (χ1) is 8.69. The lowest BCUT2D eigenvalue weighted by Gasteiger charge is -2.12. The second kappa shape index (κ2) is 5.47. The van der Waals surface area contributed by atoms with Crippen molar-refractivity contribution in [1.82, 2.24) is 9.79 Å². The van der Waals surface area contributed by atoms with Gasteiger partial charge >= 0.3 is 0 Å². The molecule has 0 heterocycles. The smallest absolute Gasteiger partial charge is 0.262 e. The molecule has 8 heteroatoms. The van der Waals surface area contributed by atoms with Crippen LogP contribution in [0, 0.1) is 0 Å². The minimum atomic E-state index is -4.15. The van der Waals surface area contributed by atoms with Crippen molar-refractivity contribution in [2.45, 2.75) is 11.8 Å². The molecule has 0 aliphatic heterocycles. The van der Waals surface area contributed by atoms with Gasteiger partial charge in [0.2, 0.25) is 0 Å². The van der Waals surface area contributed by atoms with E-state index in [9.17, 15) is 18.0 Å². The molecule has 1 aromatic carbocycles. The third-order valence-electron chi connectivity index (χ3n) is 2.40. The number of carbonyl (C=O) groups is 2. The van der Waals surface area contributed by atoms with Crippen LogP contribution in [0.15, 0.2) is 23.1 Å². The van der Waals surface area contributed by atoms with Crippen LogP contribution in [0.5, 0.6) is 0 Å². The molecule has 0 aromatic heterocycles. The van der Waals surface area contributed by atoms with Crippen molar-refractivity contribution in [3.8, 4) is 0 Å². The van der Waals surface area contributed by atoms with Crippen molar-refractivity contribution in [1.29, 1.82) is 0 Å². The van der Waals surface area contributed by atoms with E-state index >= 15 is 0 Å². The van der Waals surface area contributed by atoms with Crippen molar-refractivity contribution in [2.24, 2.45) is 0 Å². The van der Waals surface area contributed by atoms with Gasteiger partial charge < -0.3 is 10.1 Å². The minimum Gasteiger partial charge on any atom is -0.345 e. The Labute approximate surface area is 110 Å². The summed E-state index contributed by atoms with van der Waals surface area (Å²) < 4.78 is 23.0. The SMILES string of the molecule is CC(=O)c1cc(C(=O)N(C)C)cc(S(=O)(=O)NO)c1. The molecule has 0 aliphatic carbocycles. The highest BCUT2D eigenvalue weighted by atomic mass is 32.2. The molecular weight excluding hydrogens is 272 g/mol. The fourth-order valence-electron chi connectivity index (χ4n) is 1.39. The summed E-state index contributed by atoms with van der Waals surface area (Å²) in [5, 5.41) is 8.60. The molecule has 0 atom stereocenters. The molecule has 1 amide bonds. The summed E-state index contributed by atoms with van der Waals surface area (Å²) in [6, 6.07) is 3.49. The Morgan fingerprint density at radius 2 is 1.68 bits per heavy atom. The standard InChI is InChI=1S/C11H14N2O5S/c1-7(14)8-4-9(11(15)13(2)3)6-10(5-8)19(17,18)12-16/h4-6,12,16H,1-3H3. The van der Waals surface area contributed by atoms with Gasteiger partial charge in [0.25, 0.3) is 15.9 Å². The Morgan fingerprint density at radius 3 is 2.11 bits per heavy atom. The number of Topliss-reactive ketones (excluding diaryl/α,β-unsaturated/α-hetero) is 1. The minimum absolute atomic E-state index is 0.0477. The van der Waals surface area contributed by atoms with Crippen molar-refractivity contribution in [3.05, 3.63) is 29.3 Å². The van der Waals surface area contributed by atoms with Gasteiger partial charge in [-0.15, -0.1) is 0 Å². The molecule has 0 bridgehead atoms. The molecule has 7 nitrogen and oxygen atoms in total. The van der Waals surface area contributed by atoms with Gasteiger partial charge in [0.1, 0.15) is 0 Å². The molecule has 1 rings (SSSR count). The molecule has 0 fully saturated rings. The second-order valence-electron chi connectivity index (χ2n) is 4.10. The van der Waals surface area contributed by atoms with Gasteiger partial charge in [-0.2, -0.15) is 0 Å². The van der Waals surface area contributed by atoms with Crippen LogP contribution >= 0.6 is 0 Å². The van der Waals surface area contributed by atoms with Gasteiger partial charge in [-0.3, -0.25) is 9.59 Å². The maximum Gasteiger partial charge on any atom is 0.262 e. The van der Waals surface area contributed by atoms with Crippen molar-refractivity contribution < 1.29 is 23.2 Å². The topological polar surface area (TPSA) is 104 Å². The normalized spacial score (nSPS) is 11.2. The molecule has 1 aromatic rings. The number of amides is 1. The molecule has 0 aliphatic rings. The van der Waals surface area contributed by atoms with Crippen molar-refractivity contribution in [2.75, 3.05) is 14.1 Å². The molecule has 0 radical (unpaired) electrons. The molecule has 104 valence electrons. The average molecular weight is 286 g/mol. The third-order valence-corrected chi connectivity index (χ3v) is 3.49. The number of hydrogen-bond acceptors (Lipinski definition) is 5. The van der Waals surface area contributed by atoms with Crippen LogP contribution in [0.4, 0.5) is 0 Å². The van der Waals surface area contributed by atoms with Crippen LogP contribution in [0.1, 0.15) is 27.6 Å². The first-order valence-electron chi connectivity index (χ1n) is 5.22. The highest BCUT2D eigenvalue weighted by Crippen LogP contribution is 2.16. The molecule has 19 heavy (non-hydrogen) atoms. The van der Waals surface area contributed by atoms with Crippen LogP contribution in [0.2, 0.25) is 0 Å². The lowest BCUT2D eigenvalue weighted by atomic mass is 10.1. The van der Waals surface area contributed by atoms with Crippen molar-refractivity contribution in [3.63, 3.8) is 0 Å². The lowest BCUT2D eigenvalue weighted by Crippen LogP contribution is -2.24. The Kier molecular flexibility index (Phi) is 4.40. The van der Waals surface area contributed by atoms with E-state index in [0.29, 0.717) is 0 Å². The van der Waals surface area contributed by atoms with Crippen LogP contribution in [-0.2, 0) is 10.0 Å². The summed E-state index contributed by atoms with van der Waals surface area (Å²) in [6.45, 7) is 1.25. The molecule has 2 N–H and O–H groups in total. The fraction of sp³-hybridized carbons (Fsp3) is 0.273. The van der Waals surface area contributed by atoms with Gasteiger partial charge in [-0.25, -0.2) is 8.42 Å². The Balaban J connectivity index is 3.52. The van der Waals surface area contributed by atoms with Gasteiger partial charge in [-0.05, 0) is 25.1 Å². The lowest BCUT2D eigenvalue weighted by molar-refractivity contribution is 0.0827. The zero-order chi connectivity index (χ0) is 14.8. The van der Waals surface area contributed by atoms with E-state index in [2.05, 4.69) is 0 Å². The number of ketones is 1. The predicted octanol–water partition coefficient (Wildman–Crippen LogP) is 0.259. The van der Waals surface area contributed by atoms with E-state index in [1.54, 1.807) is 0 Å². The predicted molar refractivity (Wildman–Crippen MR) is 66.6 cm³/mol. The van der Waals surface area contributed by atoms with Gasteiger partial charge in [0, 0.05) is 25.2 Å². The Morgan fingerprint density at radius 1 is 1.16 bits per heavy atom. The van der Waals surface area contributed by atoms with Crippen LogP contribution in [0.3, 0.4) is 0 Å². The van der Waals surface area contributed by atoms with Crippen LogP contribution in [0.25, 0.3) is 0 Å². The summed E-state index contributed by atoms with van der Waals surface area (Å²) in [7, 11) is -1.15. The molecule has 0 saturated heterocycles. The highest BCUT2D eigenvalue weighted by molar-refractivity contribution is 7.89. The van der Waals surface area contributed by atoms with Crippen LogP contribution < -0.4 is 4.89 Å². The van der Waals surface area contributed by atoms with E-state index in [0.717, 1.165) is 17.0 Å². The number of carbonyl (C=O) groups excluding carboxylic acids is 2. The largest absolute Gasteiger partial charge is 0.345 e. The molecule has 0 saturated carbocycles.